The Labute approximate surface area is 151 Å². The lowest BCUT2D eigenvalue weighted by Crippen LogP contribution is -2.39. The second-order valence-corrected chi connectivity index (χ2v) is 7.02. The number of aromatic nitrogens is 1. The Morgan fingerprint density at radius 1 is 1.24 bits per heavy atom. The molecule has 1 unspecified atom stereocenters. The third-order valence-electron chi connectivity index (χ3n) is 3.72. The van der Waals surface area contributed by atoms with Crippen LogP contribution >= 0.6 is 11.3 Å². The van der Waals surface area contributed by atoms with Gasteiger partial charge >= 0.3 is 12.0 Å². The summed E-state index contributed by atoms with van der Waals surface area (Å²) in [5.74, 6) is -0.0361. The first kappa shape index (κ1) is 18.9. The van der Waals surface area contributed by atoms with E-state index in [0.29, 0.717) is 18.7 Å². The van der Waals surface area contributed by atoms with E-state index >= 15 is 0 Å². The Morgan fingerprint density at radius 3 is 2.60 bits per heavy atom. The molecule has 2 aromatic rings. The van der Waals surface area contributed by atoms with Gasteiger partial charge in [0.2, 0.25) is 0 Å². The maximum absolute atomic E-state index is 12.3. The molecule has 0 aliphatic carbocycles. The number of carboxylic acid groups (broad SMARTS) is 1. The van der Waals surface area contributed by atoms with Crippen LogP contribution in [0.4, 0.5) is 10.6 Å². The molecule has 0 spiro atoms. The number of carboxylic acids is 1. The molecule has 25 heavy (non-hydrogen) atoms. The summed E-state index contributed by atoms with van der Waals surface area (Å²) < 4.78 is 0. The van der Waals surface area contributed by atoms with Crippen LogP contribution in [-0.4, -0.2) is 28.1 Å². The van der Waals surface area contributed by atoms with Crippen LogP contribution in [0.2, 0.25) is 0 Å². The molecule has 1 heterocycles. The van der Waals surface area contributed by atoms with Crippen molar-refractivity contribution in [2.45, 2.75) is 45.1 Å². The highest BCUT2D eigenvalue weighted by atomic mass is 32.1. The lowest BCUT2D eigenvalue weighted by Gasteiger charge is -2.19. The Kier molecular flexibility index (Phi) is 6.94. The summed E-state index contributed by atoms with van der Waals surface area (Å²) in [6.07, 6.45) is 0.952. The number of thiazole rings is 1. The lowest BCUT2D eigenvalue weighted by atomic mass is 10.0. The minimum absolute atomic E-state index is 0.00568. The van der Waals surface area contributed by atoms with Crippen molar-refractivity contribution in [1.29, 1.82) is 0 Å². The molecule has 2 rings (SSSR count). The molecule has 0 radical (unpaired) electrons. The van der Waals surface area contributed by atoms with Crippen LogP contribution in [0.15, 0.2) is 35.8 Å². The van der Waals surface area contributed by atoms with E-state index in [4.69, 9.17) is 5.11 Å². The zero-order chi connectivity index (χ0) is 18.2. The first-order chi connectivity index (χ1) is 12.0. The van der Waals surface area contributed by atoms with Gasteiger partial charge in [-0.1, -0.05) is 44.2 Å². The number of carbonyl (C=O) groups is 2. The normalized spacial score (nSPS) is 12.0. The lowest BCUT2D eigenvalue weighted by molar-refractivity contribution is -0.137. The van der Waals surface area contributed by atoms with Crippen LogP contribution in [0, 0.1) is 0 Å². The number of rotatable bonds is 8. The molecule has 1 aromatic heterocycles. The number of aliphatic carboxylic acids is 1. The molecule has 2 amide bonds. The third kappa shape index (κ3) is 6.19. The first-order valence-corrected chi connectivity index (χ1v) is 9.10. The van der Waals surface area contributed by atoms with Crippen molar-refractivity contribution in [3.05, 3.63) is 46.3 Å². The average Bonchev–Trinajstić information content (AvgIpc) is 3.01. The van der Waals surface area contributed by atoms with Crippen LogP contribution in [0.3, 0.4) is 0 Å². The van der Waals surface area contributed by atoms with E-state index < -0.39 is 5.97 Å². The molecule has 1 atom stereocenters. The molecule has 0 aliphatic heterocycles. The smallest absolute Gasteiger partial charge is 0.320 e. The van der Waals surface area contributed by atoms with Gasteiger partial charge in [-0.2, -0.15) is 0 Å². The van der Waals surface area contributed by atoms with Gasteiger partial charge < -0.3 is 10.4 Å². The molecule has 0 fully saturated rings. The van der Waals surface area contributed by atoms with Crippen LogP contribution in [-0.2, 0) is 11.2 Å². The van der Waals surface area contributed by atoms with E-state index in [0.717, 1.165) is 10.4 Å². The molecular formula is C18H23N3O3S. The van der Waals surface area contributed by atoms with Gasteiger partial charge in [-0.3, -0.25) is 10.1 Å². The van der Waals surface area contributed by atoms with Crippen molar-refractivity contribution in [1.82, 2.24) is 10.3 Å². The van der Waals surface area contributed by atoms with Crippen LogP contribution in [0.1, 0.15) is 43.0 Å². The van der Waals surface area contributed by atoms with Crippen molar-refractivity contribution < 1.29 is 14.7 Å². The number of nitrogens with one attached hydrogen (secondary N) is 2. The highest BCUT2D eigenvalue weighted by molar-refractivity contribution is 7.10. The number of nitrogens with zero attached hydrogens (tertiary/aromatic N) is 1. The predicted octanol–water partition coefficient (Wildman–Crippen LogP) is 3.86. The first-order valence-electron chi connectivity index (χ1n) is 8.22. The number of hydrogen-bond donors (Lipinski definition) is 3. The molecule has 134 valence electrons. The molecule has 0 saturated heterocycles. The summed E-state index contributed by atoms with van der Waals surface area (Å²) in [5, 5.41) is 14.6. The Bertz CT molecular complexity index is 701. The average molecular weight is 361 g/mol. The second-order valence-electron chi connectivity index (χ2n) is 6.14. The van der Waals surface area contributed by atoms with Crippen LogP contribution in [0.5, 0.6) is 0 Å². The fourth-order valence-electron chi connectivity index (χ4n) is 2.51. The Hall–Kier alpha value is -2.41. The van der Waals surface area contributed by atoms with E-state index in [9.17, 15) is 9.59 Å². The molecule has 1 aromatic carbocycles. The van der Waals surface area contributed by atoms with Gasteiger partial charge in [-0.05, 0) is 24.3 Å². The summed E-state index contributed by atoms with van der Waals surface area (Å²) >= 11 is 1.50. The van der Waals surface area contributed by atoms with Crippen LogP contribution in [0.25, 0.3) is 0 Å². The SMILES string of the molecule is CC(C)c1scnc1NC(=O)NC(CCC(=O)O)Cc1ccccc1. The zero-order valence-electron chi connectivity index (χ0n) is 14.4. The molecular weight excluding hydrogens is 338 g/mol. The number of amides is 2. The maximum atomic E-state index is 12.3. The maximum Gasteiger partial charge on any atom is 0.320 e. The van der Waals surface area contributed by atoms with E-state index in [1.807, 2.05) is 44.2 Å². The van der Waals surface area contributed by atoms with Crippen molar-refractivity contribution in [2.24, 2.45) is 0 Å². The predicted molar refractivity (Wildman–Crippen MR) is 99.2 cm³/mol. The van der Waals surface area contributed by atoms with E-state index in [2.05, 4.69) is 15.6 Å². The molecule has 0 bridgehead atoms. The highest BCUT2D eigenvalue weighted by Gasteiger charge is 2.17. The molecule has 0 saturated carbocycles. The van der Waals surface area contributed by atoms with Crippen molar-refractivity contribution in [3.63, 3.8) is 0 Å². The number of benzene rings is 1. The number of anilines is 1. The largest absolute Gasteiger partial charge is 0.481 e. The zero-order valence-corrected chi connectivity index (χ0v) is 15.2. The van der Waals surface area contributed by atoms with Crippen LogP contribution < -0.4 is 10.6 Å². The number of urea groups is 1. The fraction of sp³-hybridized carbons (Fsp3) is 0.389. The van der Waals surface area contributed by atoms with E-state index in [1.54, 1.807) is 5.51 Å². The summed E-state index contributed by atoms with van der Waals surface area (Å²) in [6.45, 7) is 4.09. The minimum Gasteiger partial charge on any atom is -0.481 e. The quantitative estimate of drug-likeness (QED) is 0.666. The Morgan fingerprint density at radius 2 is 1.96 bits per heavy atom. The Balaban J connectivity index is 2.00. The standard InChI is InChI=1S/C18H23N3O3S/c1-12(2)16-17(19-11-25-16)21-18(24)20-14(8-9-15(22)23)10-13-6-4-3-5-7-13/h3-7,11-12,14H,8-10H2,1-2H3,(H,22,23)(H2,20,21,24). The van der Waals surface area contributed by atoms with Gasteiger partial charge in [0.25, 0.3) is 0 Å². The molecule has 3 N–H and O–H groups in total. The summed E-state index contributed by atoms with van der Waals surface area (Å²) in [4.78, 5) is 28.4. The van der Waals surface area contributed by atoms with Gasteiger partial charge in [0.05, 0.1) is 10.4 Å². The van der Waals surface area contributed by atoms with Gasteiger partial charge in [0, 0.05) is 12.5 Å². The van der Waals surface area contributed by atoms with Crippen molar-refractivity contribution in [3.8, 4) is 0 Å². The van der Waals surface area contributed by atoms with Gasteiger partial charge in [0.1, 0.15) is 5.82 Å². The van der Waals surface area contributed by atoms with Crippen molar-refractivity contribution >= 4 is 29.2 Å². The fourth-order valence-corrected chi connectivity index (χ4v) is 3.27. The van der Waals surface area contributed by atoms with Gasteiger partial charge in [-0.25, -0.2) is 9.78 Å². The summed E-state index contributed by atoms with van der Waals surface area (Å²) in [6, 6.07) is 9.07. The summed E-state index contributed by atoms with van der Waals surface area (Å²) in [5.41, 5.74) is 2.76. The van der Waals surface area contributed by atoms with E-state index in [1.165, 1.54) is 11.3 Å². The van der Waals surface area contributed by atoms with Gasteiger partial charge in [0.15, 0.2) is 0 Å². The minimum atomic E-state index is -0.873. The van der Waals surface area contributed by atoms with Crippen molar-refractivity contribution in [2.75, 3.05) is 5.32 Å². The number of hydrogen-bond acceptors (Lipinski definition) is 4. The second kappa shape index (κ2) is 9.17. The third-order valence-corrected chi connectivity index (χ3v) is 4.85. The molecule has 6 nitrogen and oxygen atoms in total. The molecule has 0 aliphatic rings. The number of carbonyl (C=O) groups excluding carboxylic acids is 1. The highest BCUT2D eigenvalue weighted by Crippen LogP contribution is 2.27. The summed E-state index contributed by atoms with van der Waals surface area (Å²) in [7, 11) is 0. The monoisotopic (exact) mass is 361 g/mol. The topological polar surface area (TPSA) is 91.3 Å². The van der Waals surface area contributed by atoms with Gasteiger partial charge in [-0.15, -0.1) is 11.3 Å². The van der Waals surface area contributed by atoms with E-state index in [-0.39, 0.29) is 24.4 Å². The molecule has 7 heteroatoms.